The van der Waals surface area contributed by atoms with Crippen LogP contribution in [0.5, 0.6) is 0 Å². The lowest BCUT2D eigenvalue weighted by Crippen LogP contribution is -2.48. The van der Waals surface area contributed by atoms with Crippen LogP contribution in [0.15, 0.2) is 67.0 Å². The number of piperazine rings is 2. The zero-order valence-corrected chi connectivity index (χ0v) is 17.0. The van der Waals surface area contributed by atoms with Crippen molar-refractivity contribution in [3.63, 3.8) is 0 Å². The Kier molecular flexibility index (Phi) is 5.54. The molecule has 2 saturated heterocycles. The molecule has 0 saturated carbocycles. The number of rotatable bonds is 4. The van der Waals surface area contributed by atoms with Crippen LogP contribution in [0.25, 0.3) is 0 Å². The summed E-state index contributed by atoms with van der Waals surface area (Å²) in [4.78, 5) is 18.7. The van der Waals surface area contributed by atoms with Crippen LogP contribution in [0.4, 0.5) is 11.9 Å². The van der Waals surface area contributed by atoms with E-state index in [-0.39, 0.29) is 12.1 Å². The third-order valence-electron chi connectivity index (χ3n) is 5.92. The van der Waals surface area contributed by atoms with Gasteiger partial charge in [0.25, 0.3) is 0 Å². The molecule has 2 fully saturated rings. The molecule has 0 spiro atoms. The zero-order valence-electron chi connectivity index (χ0n) is 17.0. The summed E-state index contributed by atoms with van der Waals surface area (Å²) < 4.78 is 0. The summed E-state index contributed by atoms with van der Waals surface area (Å²) >= 11 is 0. The predicted molar refractivity (Wildman–Crippen MR) is 119 cm³/mol. The van der Waals surface area contributed by atoms with Gasteiger partial charge in [-0.1, -0.05) is 60.7 Å². The highest BCUT2D eigenvalue weighted by atomic mass is 15.4. The highest BCUT2D eigenvalue weighted by molar-refractivity contribution is 5.44. The van der Waals surface area contributed by atoms with Crippen LogP contribution in [-0.2, 0) is 0 Å². The number of aromatic nitrogens is 3. The molecule has 0 amide bonds. The second-order valence-corrected chi connectivity index (χ2v) is 7.73. The molecule has 7 nitrogen and oxygen atoms in total. The summed E-state index contributed by atoms with van der Waals surface area (Å²) in [7, 11) is 0. The fourth-order valence-electron chi connectivity index (χ4n) is 4.39. The lowest BCUT2D eigenvalue weighted by molar-refractivity contribution is 0.472. The van der Waals surface area contributed by atoms with E-state index < -0.39 is 0 Å². The molecule has 30 heavy (non-hydrogen) atoms. The van der Waals surface area contributed by atoms with Gasteiger partial charge in [-0.3, -0.25) is 0 Å². The maximum Gasteiger partial charge on any atom is 0.230 e. The molecule has 5 rings (SSSR count). The van der Waals surface area contributed by atoms with Crippen molar-refractivity contribution in [1.82, 2.24) is 25.6 Å². The molecule has 7 heteroatoms. The standard InChI is InChI=1S/C23H27N7/c1-3-7-18(8-4-1)20-15-24-11-13-29(20)22-26-17-27-23(28-22)30-14-12-25-16-21(30)19-9-5-2-6-10-19/h1-10,17,20-21,24-25H,11-16H2. The topological polar surface area (TPSA) is 69.2 Å². The Hall–Kier alpha value is -3.03. The maximum absolute atomic E-state index is 4.95. The minimum absolute atomic E-state index is 0.211. The summed E-state index contributed by atoms with van der Waals surface area (Å²) in [6, 6.07) is 21.6. The van der Waals surface area contributed by atoms with E-state index in [1.807, 2.05) is 0 Å². The summed E-state index contributed by atoms with van der Waals surface area (Å²) in [5.41, 5.74) is 2.55. The second kappa shape index (κ2) is 8.77. The first-order valence-electron chi connectivity index (χ1n) is 10.6. The van der Waals surface area contributed by atoms with Crippen LogP contribution in [0, 0.1) is 0 Å². The van der Waals surface area contributed by atoms with Gasteiger partial charge in [-0.15, -0.1) is 0 Å². The van der Waals surface area contributed by atoms with E-state index in [0.29, 0.717) is 0 Å². The molecular formula is C23H27N7. The molecule has 0 bridgehead atoms. The maximum atomic E-state index is 4.95. The van der Waals surface area contributed by atoms with Gasteiger partial charge in [-0.25, -0.2) is 9.97 Å². The average molecular weight is 402 g/mol. The molecule has 2 aliphatic rings. The van der Waals surface area contributed by atoms with Gasteiger partial charge in [0.05, 0.1) is 12.1 Å². The third-order valence-corrected chi connectivity index (χ3v) is 5.92. The Morgan fingerprint density at radius 1 is 0.667 bits per heavy atom. The van der Waals surface area contributed by atoms with Gasteiger partial charge in [0.2, 0.25) is 11.9 Å². The molecule has 1 aromatic heterocycles. The number of nitrogens with zero attached hydrogens (tertiary/aromatic N) is 5. The average Bonchev–Trinajstić information content (AvgIpc) is 2.85. The van der Waals surface area contributed by atoms with Crippen molar-refractivity contribution < 1.29 is 0 Å². The van der Waals surface area contributed by atoms with Crippen molar-refractivity contribution in [1.29, 1.82) is 0 Å². The number of hydrogen-bond donors (Lipinski definition) is 2. The summed E-state index contributed by atoms with van der Waals surface area (Å²) in [5.74, 6) is 1.50. The first-order valence-corrected chi connectivity index (χ1v) is 10.6. The van der Waals surface area contributed by atoms with Gasteiger partial charge in [0, 0.05) is 39.3 Å². The molecule has 2 unspecified atom stereocenters. The summed E-state index contributed by atoms with van der Waals surface area (Å²) in [6.07, 6.45) is 1.66. The molecule has 0 aliphatic carbocycles. The lowest BCUT2D eigenvalue weighted by Gasteiger charge is -2.38. The Bertz CT molecular complexity index is 875. The highest BCUT2D eigenvalue weighted by Gasteiger charge is 2.29. The molecule has 2 atom stereocenters. The molecule has 2 aromatic carbocycles. The van der Waals surface area contributed by atoms with E-state index in [4.69, 9.17) is 4.98 Å². The van der Waals surface area contributed by atoms with Crippen molar-refractivity contribution >= 4 is 11.9 Å². The van der Waals surface area contributed by atoms with Crippen molar-refractivity contribution in [2.24, 2.45) is 0 Å². The Balaban J connectivity index is 1.45. The van der Waals surface area contributed by atoms with Gasteiger partial charge >= 0.3 is 0 Å². The normalized spacial score (nSPS) is 22.1. The molecule has 2 N–H and O–H groups in total. The van der Waals surface area contributed by atoms with E-state index in [1.54, 1.807) is 6.33 Å². The number of hydrogen-bond acceptors (Lipinski definition) is 7. The summed E-state index contributed by atoms with van der Waals surface area (Å²) in [6.45, 7) is 5.34. The minimum atomic E-state index is 0.211. The Labute approximate surface area is 177 Å². The summed E-state index contributed by atoms with van der Waals surface area (Å²) in [5, 5.41) is 7.02. The minimum Gasteiger partial charge on any atom is -0.331 e. The second-order valence-electron chi connectivity index (χ2n) is 7.73. The quantitative estimate of drug-likeness (QED) is 0.694. The van der Waals surface area contributed by atoms with Crippen molar-refractivity contribution in [2.45, 2.75) is 12.1 Å². The van der Waals surface area contributed by atoms with Crippen molar-refractivity contribution in [2.75, 3.05) is 49.1 Å². The van der Waals surface area contributed by atoms with E-state index in [2.05, 4.69) is 91.1 Å². The Morgan fingerprint density at radius 2 is 1.13 bits per heavy atom. The van der Waals surface area contributed by atoms with Gasteiger partial charge in [-0.2, -0.15) is 4.98 Å². The van der Waals surface area contributed by atoms with E-state index >= 15 is 0 Å². The largest absolute Gasteiger partial charge is 0.331 e. The monoisotopic (exact) mass is 401 g/mol. The smallest absolute Gasteiger partial charge is 0.230 e. The van der Waals surface area contributed by atoms with Crippen LogP contribution in [-0.4, -0.2) is 54.2 Å². The lowest BCUT2D eigenvalue weighted by atomic mass is 10.0. The Morgan fingerprint density at radius 3 is 1.60 bits per heavy atom. The van der Waals surface area contributed by atoms with Crippen LogP contribution in [0.1, 0.15) is 23.2 Å². The molecular weight excluding hydrogens is 374 g/mol. The molecule has 3 aromatic rings. The fraction of sp³-hybridized carbons (Fsp3) is 0.348. The van der Waals surface area contributed by atoms with Crippen molar-refractivity contribution in [3.05, 3.63) is 78.1 Å². The molecule has 3 heterocycles. The van der Waals surface area contributed by atoms with Crippen LogP contribution < -0.4 is 20.4 Å². The molecule has 0 radical (unpaired) electrons. The third kappa shape index (κ3) is 3.86. The number of nitrogens with one attached hydrogen (secondary N) is 2. The van der Waals surface area contributed by atoms with Gasteiger partial charge < -0.3 is 20.4 Å². The fourth-order valence-corrected chi connectivity index (χ4v) is 4.39. The van der Waals surface area contributed by atoms with Crippen LogP contribution in [0.2, 0.25) is 0 Å². The zero-order chi connectivity index (χ0) is 20.2. The first kappa shape index (κ1) is 19.0. The first-order chi connectivity index (χ1) is 14.9. The SMILES string of the molecule is c1ccc(C2CNCCN2c2ncnc(N3CCNCC3c3ccccc3)n2)cc1. The molecule has 154 valence electrons. The van der Waals surface area contributed by atoms with Gasteiger partial charge in [0.15, 0.2) is 0 Å². The van der Waals surface area contributed by atoms with E-state index in [9.17, 15) is 0 Å². The van der Waals surface area contributed by atoms with Gasteiger partial charge in [0.1, 0.15) is 6.33 Å². The number of anilines is 2. The van der Waals surface area contributed by atoms with Crippen LogP contribution >= 0.6 is 0 Å². The van der Waals surface area contributed by atoms with Crippen molar-refractivity contribution in [3.8, 4) is 0 Å². The van der Waals surface area contributed by atoms with Gasteiger partial charge in [-0.05, 0) is 11.1 Å². The van der Waals surface area contributed by atoms with E-state index in [0.717, 1.165) is 51.2 Å². The highest BCUT2D eigenvalue weighted by Crippen LogP contribution is 2.29. The van der Waals surface area contributed by atoms with E-state index in [1.165, 1.54) is 11.1 Å². The van der Waals surface area contributed by atoms with Crippen LogP contribution in [0.3, 0.4) is 0 Å². The number of benzene rings is 2. The molecule has 2 aliphatic heterocycles. The predicted octanol–water partition coefficient (Wildman–Crippen LogP) is 2.17.